The van der Waals surface area contributed by atoms with Crippen LogP contribution in [0.3, 0.4) is 0 Å². The van der Waals surface area contributed by atoms with Gasteiger partial charge < -0.3 is 71.1 Å². The van der Waals surface area contributed by atoms with E-state index in [9.17, 15) is 95.5 Å². The molecule has 0 aromatic heterocycles. The third kappa shape index (κ3) is 15.0. The summed E-state index contributed by atoms with van der Waals surface area (Å²) in [5.74, 6) is -26.2. The summed E-state index contributed by atoms with van der Waals surface area (Å²) in [4.78, 5) is 109. The number of hydrogen-bond donors (Lipinski definition) is 0. The van der Waals surface area contributed by atoms with Crippen LogP contribution in [-0.2, 0) is 129 Å². The van der Waals surface area contributed by atoms with Gasteiger partial charge in [0.1, 0.15) is 72.9 Å². The first-order valence-electron chi connectivity index (χ1n) is 39.7. The van der Waals surface area contributed by atoms with E-state index >= 15 is 0 Å². The smallest absolute Gasteiger partial charge is 0.377 e. The lowest BCUT2D eigenvalue weighted by Crippen LogP contribution is -2.64. The molecule has 38 heteroatoms. The second-order valence-electron chi connectivity index (χ2n) is 35.9. The molecule has 1 spiro atoms. The van der Waals surface area contributed by atoms with Gasteiger partial charge in [-0.15, -0.1) is 0 Å². The number of carbonyl (C=O) groups excluding carboxylic acids is 9. The fraction of sp³-hybridized carbons (Fsp3) is 0.882. The molecule has 0 aromatic carbocycles. The van der Waals surface area contributed by atoms with Gasteiger partial charge in [-0.05, 0) is 127 Å². The summed E-state index contributed by atoms with van der Waals surface area (Å²) in [6, 6.07) is 0. The molecule has 10 saturated carbocycles. The topological polar surface area (TPSA) is 335 Å². The molecule has 20 rings (SSSR count). The number of cyclic esters (lactones) is 1. The molecule has 10 saturated heterocycles. The van der Waals surface area contributed by atoms with Crippen LogP contribution in [0.1, 0.15) is 171 Å². The molecule has 0 aromatic rings. The molecule has 12 bridgehead atoms. The van der Waals surface area contributed by atoms with E-state index in [0.717, 1.165) is 91.4 Å². The monoisotopic (exact) mass is 1660 g/mol. The zero-order valence-corrected chi connectivity index (χ0v) is 64.7. The summed E-state index contributed by atoms with van der Waals surface area (Å²) in [6.07, 6.45) is 3.83. The Balaban J connectivity index is 0.000000114. The maximum atomic E-state index is 13.3. The maximum absolute atomic E-state index is 13.3. The van der Waals surface area contributed by atoms with E-state index in [0.29, 0.717) is 58.3 Å². The fourth-order valence-electron chi connectivity index (χ4n) is 22.7. The van der Waals surface area contributed by atoms with E-state index in [-0.39, 0.29) is 84.4 Å². The van der Waals surface area contributed by atoms with Gasteiger partial charge in [0.15, 0.2) is 36.8 Å². The van der Waals surface area contributed by atoms with E-state index < -0.39 is 226 Å². The third-order valence-electron chi connectivity index (χ3n) is 27.6. The Labute approximate surface area is 649 Å². The maximum Gasteiger partial charge on any atom is 0.377 e. The quantitative estimate of drug-likeness (QED) is 0.0505. The first-order chi connectivity index (χ1) is 53.2. The number of hydrogen-bond acceptors (Lipinski definition) is 27. The minimum atomic E-state index is -3.74. The predicted molar refractivity (Wildman–Crippen MR) is 357 cm³/mol. The molecule has 10 heterocycles. The summed E-state index contributed by atoms with van der Waals surface area (Å²) in [7, 11) is -3.74. The number of alkyl halides is 10. The number of rotatable bonds is 19. The molecule has 638 valence electrons. The molecule has 27 nitrogen and oxygen atoms in total. The molecule has 10 aliphatic heterocycles. The molecule has 20 fully saturated rings. The van der Waals surface area contributed by atoms with Crippen LogP contribution < -0.4 is 0 Å². The number of esters is 9. The molecule has 0 radical (unpaired) electrons. The van der Waals surface area contributed by atoms with Gasteiger partial charge in [-0.2, -0.15) is 26.0 Å². The van der Waals surface area contributed by atoms with Crippen LogP contribution in [0.5, 0.6) is 0 Å². The number of ether oxygens (including phenoxy) is 15. The Hall–Kier alpha value is -5.80. The highest BCUT2D eigenvalue weighted by Crippen LogP contribution is 2.68. The minimum absolute atomic E-state index is 0.0261. The number of halogens is 10. The van der Waals surface area contributed by atoms with Crippen LogP contribution in [0.4, 0.5) is 43.9 Å². The van der Waals surface area contributed by atoms with E-state index in [1.54, 1.807) is 0 Å². The van der Waals surface area contributed by atoms with Crippen LogP contribution in [0.15, 0.2) is 0 Å². The van der Waals surface area contributed by atoms with Crippen LogP contribution in [-0.4, -0.2) is 226 Å². The second kappa shape index (κ2) is 29.3. The molecular weight excluding hydrogens is 1570 g/mol. The first kappa shape index (κ1) is 83.3. The summed E-state index contributed by atoms with van der Waals surface area (Å²) in [6.45, 7) is 7.16. The van der Waals surface area contributed by atoms with Crippen molar-refractivity contribution >= 4 is 63.8 Å². The normalized spacial score (nSPS) is 42.9. The zero-order chi connectivity index (χ0) is 82.2. The highest BCUT2D eigenvalue weighted by atomic mass is 32.2. The molecule has 20 aliphatic rings. The lowest BCUT2D eigenvalue weighted by atomic mass is 9.47. The van der Waals surface area contributed by atoms with Crippen LogP contribution in [0.2, 0.25) is 0 Å². The summed E-state index contributed by atoms with van der Waals surface area (Å²) in [5.41, 5.74) is -1.64. The van der Waals surface area contributed by atoms with Gasteiger partial charge in [0.25, 0.3) is 27.9 Å². The van der Waals surface area contributed by atoms with E-state index in [1.165, 1.54) is 0 Å². The van der Waals surface area contributed by atoms with Crippen molar-refractivity contribution in [1.29, 1.82) is 0 Å². The van der Waals surface area contributed by atoms with Crippen molar-refractivity contribution in [3.05, 3.63) is 0 Å². The van der Waals surface area contributed by atoms with Gasteiger partial charge in [-0.3, -0.25) is 33.0 Å². The van der Waals surface area contributed by atoms with Gasteiger partial charge >= 0.3 is 65.6 Å². The number of carbonyl (C=O) groups is 9. The van der Waals surface area contributed by atoms with Crippen molar-refractivity contribution in [2.45, 2.75) is 308 Å². The van der Waals surface area contributed by atoms with Crippen LogP contribution in [0.25, 0.3) is 0 Å². The van der Waals surface area contributed by atoms with E-state index in [4.69, 9.17) is 70.5 Å². The molecule has 0 N–H and O–H groups in total. The Morgan fingerprint density at radius 1 is 0.526 bits per heavy atom. The first-order valence-corrected chi connectivity index (χ1v) is 41.2. The standard InChI is InChI=1S/C20H28F2O5.C19H26F2O5.C18H22F2O6.C10H10F2O5.C9H10F2O6S/c1-10(2)20(6-4-5-7-20)27-18(24)14-11-8-12-13(14)17(23)26-16(12)15(11)25-9-19(3,21)22;1-3-19(6-4-5-7-19)26-17(23)13-10-8-11-12(13)16(22)25-15(11)14(10)24-9-18(2,20)21;1-16(19,20)8-24-15(22)17-4-9-2-10(5-17)18(11(3-9)6-17)25-12-7-23-14(21)13(12)26-18;1-10(11,12)9(14)17-6-4-2-3-5(15-4)7(6)16-8(3)13;1-9(10,11)8(12)16-5-3-2-4-6(15-3)7(5)17-18(4,13)14/h10-16H,4-9H2,1-3H3;10-15H,3-9H2,1-2H3;9-13H,2-8H2,1H3;3-7H,2H2,1H3;3-7H,2H2,1H3. The van der Waals surface area contributed by atoms with Crippen molar-refractivity contribution in [2.24, 2.45) is 82.3 Å². The minimum Gasteiger partial charge on any atom is -0.461 e. The van der Waals surface area contributed by atoms with Gasteiger partial charge in [0.2, 0.25) is 0 Å². The lowest BCUT2D eigenvalue weighted by Gasteiger charge is -2.61. The van der Waals surface area contributed by atoms with Crippen molar-refractivity contribution in [3.63, 3.8) is 0 Å². The summed E-state index contributed by atoms with van der Waals surface area (Å²) < 4.78 is 239. The molecule has 26 unspecified atom stereocenters. The summed E-state index contributed by atoms with van der Waals surface area (Å²) >= 11 is 0. The van der Waals surface area contributed by atoms with Crippen LogP contribution >= 0.6 is 0 Å². The van der Waals surface area contributed by atoms with Gasteiger partial charge in [-0.25, -0.2) is 40.7 Å². The molecule has 0 amide bonds. The average molecular weight is 1660 g/mol. The van der Waals surface area contributed by atoms with Gasteiger partial charge in [-0.1, -0.05) is 20.8 Å². The second-order valence-corrected chi connectivity index (χ2v) is 37.7. The summed E-state index contributed by atoms with van der Waals surface area (Å²) in [5, 5.41) is -0.774. The van der Waals surface area contributed by atoms with Crippen molar-refractivity contribution in [2.75, 3.05) is 26.4 Å². The zero-order valence-electron chi connectivity index (χ0n) is 63.9. The van der Waals surface area contributed by atoms with Crippen molar-refractivity contribution < 1.29 is 171 Å². The van der Waals surface area contributed by atoms with E-state index in [2.05, 4.69) is 18.6 Å². The van der Waals surface area contributed by atoms with Gasteiger partial charge in [0, 0.05) is 70.1 Å². The predicted octanol–water partition coefficient (Wildman–Crippen LogP) is 8.58. The average Bonchev–Trinajstić information content (AvgIpc) is 1.20. The van der Waals surface area contributed by atoms with Gasteiger partial charge in [0.05, 0.1) is 59.4 Å². The van der Waals surface area contributed by atoms with E-state index in [1.807, 2.05) is 6.92 Å². The Morgan fingerprint density at radius 3 is 1.52 bits per heavy atom. The van der Waals surface area contributed by atoms with Crippen molar-refractivity contribution in [3.8, 4) is 0 Å². The molecule has 114 heavy (non-hydrogen) atoms. The highest BCUT2D eigenvalue weighted by molar-refractivity contribution is 7.87. The lowest BCUT2D eigenvalue weighted by molar-refractivity contribution is -0.314. The van der Waals surface area contributed by atoms with Crippen molar-refractivity contribution in [1.82, 2.24) is 0 Å². The number of fused-ring (bicyclic) bond motifs is 5. The molecular formula is C76H96F10O27S. The SMILES string of the molecule is CC(C)C1(OC(=O)C2C3CC4C(OC(=O)C42)C3OCC(C)(F)F)CCCC1.CC(F)(F)C(=O)OC1C2CC3C(=O)OC1C3O2.CC(F)(F)C(=O)OC1C2CC3C(O2)C1OS3(=O)=O.CC(F)(F)COC(=O)C12CC3CC(C1)C1(OC4COC(=O)C4O1)C(C3)C2.CCC1(OC(=O)C2C3CC4C(OC(=O)C42)C3OCC(C)(F)F)CCCC1. The van der Waals surface area contributed by atoms with Crippen LogP contribution in [0, 0.1) is 82.3 Å². The Bertz CT molecular complexity index is 3880. The highest BCUT2D eigenvalue weighted by Gasteiger charge is 2.75. The third-order valence-corrected chi connectivity index (χ3v) is 29.3. The fourth-order valence-corrected chi connectivity index (χ4v) is 24.3. The molecule has 26 atom stereocenters. The Kier molecular flexibility index (Phi) is 21.4. The largest absolute Gasteiger partial charge is 0.461 e. The Morgan fingerprint density at radius 2 is 1.02 bits per heavy atom. The molecule has 10 aliphatic carbocycles.